The van der Waals surface area contributed by atoms with Gasteiger partial charge in [-0.1, -0.05) is 36.4 Å². The molecule has 0 bridgehead atoms. The van der Waals surface area contributed by atoms with Gasteiger partial charge in [-0.15, -0.1) is 0 Å². The van der Waals surface area contributed by atoms with Gasteiger partial charge in [0, 0.05) is 19.2 Å². The van der Waals surface area contributed by atoms with E-state index in [9.17, 15) is 4.39 Å². The molecule has 0 saturated heterocycles. The van der Waals surface area contributed by atoms with Crippen LogP contribution >= 0.6 is 0 Å². The number of aliphatic imine (C=N–C) groups is 1. The zero-order valence-electron chi connectivity index (χ0n) is 15.2. The average molecular weight is 364 g/mol. The SMILES string of the molecule is COCCOc1c(C2=NCCN2)cc2ccccc2c1-c1ccc(F)cc1. The Labute approximate surface area is 157 Å². The Kier molecular flexibility index (Phi) is 5.03. The van der Waals surface area contributed by atoms with E-state index in [1.807, 2.05) is 12.1 Å². The summed E-state index contributed by atoms with van der Waals surface area (Å²) in [6.45, 7) is 2.45. The second kappa shape index (κ2) is 7.76. The van der Waals surface area contributed by atoms with Crippen LogP contribution in [0.3, 0.4) is 0 Å². The van der Waals surface area contributed by atoms with Crippen LogP contribution in [0.15, 0.2) is 59.6 Å². The molecule has 1 aliphatic heterocycles. The summed E-state index contributed by atoms with van der Waals surface area (Å²) in [5.74, 6) is 1.31. The second-order valence-corrected chi connectivity index (χ2v) is 6.35. The van der Waals surface area contributed by atoms with E-state index in [0.29, 0.717) is 13.2 Å². The number of nitrogens with one attached hydrogen (secondary N) is 1. The molecular formula is C22H21FN2O2. The predicted octanol–water partition coefficient (Wildman–Crippen LogP) is 4.02. The van der Waals surface area contributed by atoms with Gasteiger partial charge in [0.2, 0.25) is 0 Å². The number of ether oxygens (including phenoxy) is 2. The zero-order valence-corrected chi connectivity index (χ0v) is 15.2. The fourth-order valence-electron chi connectivity index (χ4n) is 3.36. The normalized spacial score (nSPS) is 13.5. The van der Waals surface area contributed by atoms with Crippen LogP contribution in [-0.2, 0) is 4.74 Å². The lowest BCUT2D eigenvalue weighted by atomic mass is 9.93. The number of hydrogen-bond donors (Lipinski definition) is 1. The van der Waals surface area contributed by atoms with Gasteiger partial charge in [-0.2, -0.15) is 0 Å². The van der Waals surface area contributed by atoms with E-state index in [4.69, 9.17) is 9.47 Å². The highest BCUT2D eigenvalue weighted by molar-refractivity contribution is 6.11. The first kappa shape index (κ1) is 17.5. The highest BCUT2D eigenvalue weighted by Crippen LogP contribution is 2.40. The van der Waals surface area contributed by atoms with Crippen molar-refractivity contribution in [1.82, 2.24) is 5.32 Å². The van der Waals surface area contributed by atoms with E-state index in [2.05, 4.69) is 28.5 Å². The van der Waals surface area contributed by atoms with Gasteiger partial charge in [0.1, 0.15) is 24.0 Å². The summed E-state index contributed by atoms with van der Waals surface area (Å²) < 4.78 is 24.8. The van der Waals surface area contributed by atoms with Gasteiger partial charge in [-0.25, -0.2) is 4.39 Å². The third-order valence-electron chi connectivity index (χ3n) is 4.60. The third-order valence-corrected chi connectivity index (χ3v) is 4.60. The van der Waals surface area contributed by atoms with Crippen molar-refractivity contribution < 1.29 is 13.9 Å². The molecule has 0 spiro atoms. The van der Waals surface area contributed by atoms with Crippen molar-refractivity contribution in [2.45, 2.75) is 0 Å². The van der Waals surface area contributed by atoms with Gasteiger partial charge in [0.15, 0.2) is 0 Å². The summed E-state index contributed by atoms with van der Waals surface area (Å²) in [5, 5.41) is 5.47. The van der Waals surface area contributed by atoms with Crippen LogP contribution in [0.4, 0.5) is 4.39 Å². The molecule has 0 atom stereocenters. The Morgan fingerprint density at radius 1 is 1.07 bits per heavy atom. The number of amidine groups is 1. The van der Waals surface area contributed by atoms with Crippen molar-refractivity contribution in [3.63, 3.8) is 0 Å². The largest absolute Gasteiger partial charge is 0.490 e. The number of rotatable bonds is 6. The maximum absolute atomic E-state index is 13.5. The minimum atomic E-state index is -0.261. The summed E-state index contributed by atoms with van der Waals surface area (Å²) in [6, 6.07) is 16.8. The van der Waals surface area contributed by atoms with Crippen molar-refractivity contribution in [1.29, 1.82) is 0 Å². The van der Waals surface area contributed by atoms with Gasteiger partial charge in [0.05, 0.1) is 18.7 Å². The zero-order chi connectivity index (χ0) is 18.6. The number of halogens is 1. The molecular weight excluding hydrogens is 343 g/mol. The first-order valence-electron chi connectivity index (χ1n) is 9.00. The topological polar surface area (TPSA) is 42.9 Å². The number of fused-ring (bicyclic) bond motifs is 1. The lowest BCUT2D eigenvalue weighted by Gasteiger charge is -2.19. The summed E-state index contributed by atoms with van der Waals surface area (Å²) in [6.07, 6.45) is 0. The molecule has 0 amide bonds. The minimum Gasteiger partial charge on any atom is -0.490 e. The first-order valence-corrected chi connectivity index (χ1v) is 9.00. The summed E-state index contributed by atoms with van der Waals surface area (Å²) in [5.41, 5.74) is 2.76. The third kappa shape index (κ3) is 3.51. The molecule has 0 aliphatic carbocycles. The Morgan fingerprint density at radius 2 is 1.89 bits per heavy atom. The molecule has 27 heavy (non-hydrogen) atoms. The lowest BCUT2D eigenvalue weighted by Crippen LogP contribution is -2.21. The van der Waals surface area contributed by atoms with Gasteiger partial charge in [-0.05, 0) is 34.5 Å². The molecule has 3 aromatic rings. The summed E-state index contributed by atoms with van der Waals surface area (Å²) in [4.78, 5) is 4.58. The van der Waals surface area contributed by atoms with E-state index in [-0.39, 0.29) is 5.82 Å². The van der Waals surface area contributed by atoms with Crippen LogP contribution in [0.5, 0.6) is 5.75 Å². The number of methoxy groups -OCH3 is 1. The minimum absolute atomic E-state index is 0.261. The maximum atomic E-state index is 13.5. The molecule has 0 radical (unpaired) electrons. The lowest BCUT2D eigenvalue weighted by molar-refractivity contribution is 0.146. The predicted molar refractivity (Wildman–Crippen MR) is 106 cm³/mol. The van der Waals surface area contributed by atoms with Gasteiger partial charge in [0.25, 0.3) is 0 Å². The van der Waals surface area contributed by atoms with Crippen molar-refractivity contribution in [3.05, 3.63) is 66.0 Å². The number of nitrogens with zero attached hydrogens (tertiary/aromatic N) is 1. The van der Waals surface area contributed by atoms with Gasteiger partial charge in [-0.3, -0.25) is 4.99 Å². The van der Waals surface area contributed by atoms with E-state index >= 15 is 0 Å². The number of hydrogen-bond acceptors (Lipinski definition) is 4. The summed E-state index contributed by atoms with van der Waals surface area (Å²) >= 11 is 0. The van der Waals surface area contributed by atoms with Crippen LogP contribution < -0.4 is 10.1 Å². The Morgan fingerprint density at radius 3 is 2.63 bits per heavy atom. The molecule has 4 rings (SSSR count). The fraction of sp³-hybridized carbons (Fsp3) is 0.227. The quantitative estimate of drug-likeness (QED) is 0.672. The second-order valence-electron chi connectivity index (χ2n) is 6.35. The molecule has 4 nitrogen and oxygen atoms in total. The summed E-state index contributed by atoms with van der Waals surface area (Å²) in [7, 11) is 1.65. The Bertz CT molecular complexity index is 984. The molecule has 3 aromatic carbocycles. The molecule has 1 aliphatic rings. The van der Waals surface area contributed by atoms with Crippen LogP contribution in [0.1, 0.15) is 5.56 Å². The molecule has 1 heterocycles. The molecule has 5 heteroatoms. The van der Waals surface area contributed by atoms with Crippen molar-refractivity contribution >= 4 is 16.6 Å². The van der Waals surface area contributed by atoms with Crippen molar-refractivity contribution in [3.8, 4) is 16.9 Å². The van der Waals surface area contributed by atoms with Crippen molar-refractivity contribution in [2.75, 3.05) is 33.4 Å². The molecule has 0 unspecified atom stereocenters. The maximum Gasteiger partial charge on any atom is 0.138 e. The van der Waals surface area contributed by atoms with Crippen LogP contribution in [0.25, 0.3) is 21.9 Å². The monoisotopic (exact) mass is 364 g/mol. The molecule has 0 fully saturated rings. The molecule has 1 N–H and O–H groups in total. The van der Waals surface area contributed by atoms with Gasteiger partial charge < -0.3 is 14.8 Å². The van der Waals surface area contributed by atoms with Crippen LogP contribution in [0, 0.1) is 5.82 Å². The van der Waals surface area contributed by atoms with E-state index < -0.39 is 0 Å². The van der Waals surface area contributed by atoms with E-state index in [0.717, 1.165) is 52.1 Å². The highest BCUT2D eigenvalue weighted by Gasteiger charge is 2.21. The van der Waals surface area contributed by atoms with E-state index in [1.165, 1.54) is 12.1 Å². The highest BCUT2D eigenvalue weighted by atomic mass is 19.1. The standard InChI is InChI=1S/C22H21FN2O2/c1-26-12-13-27-21-19(22-24-10-11-25-22)14-16-4-2-3-5-18(16)20(21)15-6-8-17(23)9-7-15/h2-9,14H,10-13H2,1H3,(H,24,25). The first-order chi connectivity index (χ1) is 13.3. The molecule has 138 valence electrons. The van der Waals surface area contributed by atoms with E-state index in [1.54, 1.807) is 19.2 Å². The molecule has 0 saturated carbocycles. The number of benzene rings is 3. The van der Waals surface area contributed by atoms with Crippen molar-refractivity contribution in [2.24, 2.45) is 4.99 Å². The van der Waals surface area contributed by atoms with Crippen LogP contribution in [-0.4, -0.2) is 39.2 Å². The fourth-order valence-corrected chi connectivity index (χ4v) is 3.36. The Balaban J connectivity index is 1.98. The smallest absolute Gasteiger partial charge is 0.138 e. The molecule has 0 aromatic heterocycles. The Hall–Kier alpha value is -2.92. The average Bonchev–Trinajstić information content (AvgIpc) is 3.23. The van der Waals surface area contributed by atoms with Gasteiger partial charge >= 0.3 is 0 Å². The van der Waals surface area contributed by atoms with Crippen LogP contribution in [0.2, 0.25) is 0 Å².